The molecule has 0 aliphatic heterocycles. The molecule has 82 valence electrons. The van der Waals surface area contributed by atoms with Crippen molar-refractivity contribution >= 4 is 17.3 Å². The first-order chi connectivity index (χ1) is 7.72. The van der Waals surface area contributed by atoms with Crippen molar-refractivity contribution in [2.75, 3.05) is 7.11 Å². The SMILES string of the molecule is COC(=O)C1CC(c2ccccc2)=CC1=O. The van der Waals surface area contributed by atoms with Crippen molar-refractivity contribution in [1.82, 2.24) is 0 Å². The number of rotatable bonds is 2. The van der Waals surface area contributed by atoms with Crippen LogP contribution in [0.2, 0.25) is 0 Å². The van der Waals surface area contributed by atoms with E-state index in [-0.39, 0.29) is 5.78 Å². The lowest BCUT2D eigenvalue weighted by atomic mass is 10.0. The van der Waals surface area contributed by atoms with Gasteiger partial charge < -0.3 is 4.74 Å². The van der Waals surface area contributed by atoms with Gasteiger partial charge in [0.25, 0.3) is 0 Å². The largest absolute Gasteiger partial charge is 0.468 e. The van der Waals surface area contributed by atoms with Crippen LogP contribution in [0, 0.1) is 5.92 Å². The van der Waals surface area contributed by atoms with E-state index < -0.39 is 11.9 Å². The molecule has 3 nitrogen and oxygen atoms in total. The molecule has 0 bridgehead atoms. The van der Waals surface area contributed by atoms with Gasteiger partial charge in [0.15, 0.2) is 5.78 Å². The maximum absolute atomic E-state index is 11.6. The molecule has 1 aliphatic rings. The lowest BCUT2D eigenvalue weighted by molar-refractivity contribution is -0.147. The van der Waals surface area contributed by atoms with E-state index in [9.17, 15) is 9.59 Å². The van der Waals surface area contributed by atoms with E-state index in [1.165, 1.54) is 13.2 Å². The molecule has 0 saturated carbocycles. The van der Waals surface area contributed by atoms with Crippen molar-refractivity contribution < 1.29 is 14.3 Å². The molecule has 16 heavy (non-hydrogen) atoms. The average Bonchev–Trinajstić information content (AvgIpc) is 2.71. The van der Waals surface area contributed by atoms with Crippen LogP contribution in [0.4, 0.5) is 0 Å². The molecule has 1 aromatic carbocycles. The van der Waals surface area contributed by atoms with Gasteiger partial charge in [-0.2, -0.15) is 0 Å². The number of ether oxygens (including phenoxy) is 1. The summed E-state index contributed by atoms with van der Waals surface area (Å²) in [5.41, 5.74) is 1.89. The second-order valence-electron chi connectivity index (χ2n) is 3.72. The number of benzene rings is 1. The molecule has 3 heteroatoms. The first-order valence-electron chi connectivity index (χ1n) is 5.10. The van der Waals surface area contributed by atoms with Crippen molar-refractivity contribution in [2.45, 2.75) is 6.42 Å². The highest BCUT2D eigenvalue weighted by atomic mass is 16.5. The van der Waals surface area contributed by atoms with Crippen LogP contribution in [0.5, 0.6) is 0 Å². The van der Waals surface area contributed by atoms with Gasteiger partial charge in [0.05, 0.1) is 7.11 Å². The molecule has 1 aromatic rings. The summed E-state index contributed by atoms with van der Waals surface area (Å²) in [6.07, 6.45) is 1.98. The molecule has 1 atom stereocenters. The summed E-state index contributed by atoms with van der Waals surface area (Å²) < 4.78 is 4.60. The van der Waals surface area contributed by atoms with Gasteiger partial charge in [-0.1, -0.05) is 30.3 Å². The Balaban J connectivity index is 2.20. The summed E-state index contributed by atoms with van der Waals surface area (Å²) in [7, 11) is 1.30. The fraction of sp³-hybridized carbons (Fsp3) is 0.231. The van der Waals surface area contributed by atoms with Crippen LogP contribution in [-0.2, 0) is 14.3 Å². The highest BCUT2D eigenvalue weighted by molar-refractivity contribution is 6.12. The van der Waals surface area contributed by atoms with Crippen LogP contribution in [0.3, 0.4) is 0 Å². The third kappa shape index (κ3) is 1.89. The maximum atomic E-state index is 11.6. The van der Waals surface area contributed by atoms with E-state index in [2.05, 4.69) is 4.74 Å². The zero-order valence-corrected chi connectivity index (χ0v) is 8.97. The van der Waals surface area contributed by atoms with Crippen LogP contribution >= 0.6 is 0 Å². The average molecular weight is 216 g/mol. The molecule has 0 amide bonds. The number of hydrogen-bond acceptors (Lipinski definition) is 3. The summed E-state index contributed by atoms with van der Waals surface area (Å²) in [5.74, 6) is -1.27. The normalized spacial score (nSPS) is 19.4. The predicted molar refractivity (Wildman–Crippen MR) is 59.5 cm³/mol. The fourth-order valence-electron chi connectivity index (χ4n) is 1.85. The molecule has 2 rings (SSSR count). The highest BCUT2D eigenvalue weighted by Gasteiger charge is 2.32. The lowest BCUT2D eigenvalue weighted by Crippen LogP contribution is -2.20. The molecule has 0 spiro atoms. The number of hydrogen-bond donors (Lipinski definition) is 0. The summed E-state index contributed by atoms with van der Waals surface area (Å²) in [4.78, 5) is 22.9. The Bertz CT molecular complexity index is 446. The summed E-state index contributed by atoms with van der Waals surface area (Å²) in [6, 6.07) is 9.59. The molecule has 0 aromatic heterocycles. The zero-order chi connectivity index (χ0) is 11.5. The minimum absolute atomic E-state index is 0.161. The quantitative estimate of drug-likeness (QED) is 0.559. The molecule has 1 aliphatic carbocycles. The summed E-state index contributed by atoms with van der Waals surface area (Å²) >= 11 is 0. The van der Waals surface area contributed by atoms with Crippen LogP contribution in [0.25, 0.3) is 5.57 Å². The molecule has 0 N–H and O–H groups in total. The maximum Gasteiger partial charge on any atom is 0.316 e. The van der Waals surface area contributed by atoms with E-state index in [4.69, 9.17) is 0 Å². The molecule has 0 radical (unpaired) electrons. The summed E-state index contributed by atoms with van der Waals surface area (Å²) in [5, 5.41) is 0. The Labute approximate surface area is 93.7 Å². The Hall–Kier alpha value is -1.90. The Kier molecular flexibility index (Phi) is 2.86. The van der Waals surface area contributed by atoms with Gasteiger partial charge in [-0.15, -0.1) is 0 Å². The molecular weight excluding hydrogens is 204 g/mol. The lowest BCUT2D eigenvalue weighted by Gasteiger charge is -2.06. The first kappa shape index (κ1) is 10.6. The van der Waals surface area contributed by atoms with Gasteiger partial charge in [-0.3, -0.25) is 9.59 Å². The number of methoxy groups -OCH3 is 1. The van der Waals surface area contributed by atoms with E-state index in [1.54, 1.807) is 0 Å². The monoisotopic (exact) mass is 216 g/mol. The number of carbonyl (C=O) groups excluding carboxylic acids is 2. The standard InChI is InChI=1S/C13H12O3/c1-16-13(15)11-7-10(8-12(11)14)9-5-3-2-4-6-9/h2-6,8,11H,7H2,1H3. The van der Waals surface area contributed by atoms with Gasteiger partial charge in [0, 0.05) is 0 Å². The Morgan fingerprint density at radius 3 is 2.62 bits per heavy atom. The molecular formula is C13H12O3. The smallest absolute Gasteiger partial charge is 0.316 e. The van der Waals surface area contributed by atoms with Crippen LogP contribution in [0.15, 0.2) is 36.4 Å². The van der Waals surface area contributed by atoms with Crippen LogP contribution < -0.4 is 0 Å². The van der Waals surface area contributed by atoms with Gasteiger partial charge in [0.2, 0.25) is 0 Å². The van der Waals surface area contributed by atoms with Gasteiger partial charge in [0.1, 0.15) is 5.92 Å². The van der Waals surface area contributed by atoms with Crippen molar-refractivity contribution in [3.05, 3.63) is 42.0 Å². The number of ketones is 1. The van der Waals surface area contributed by atoms with Gasteiger partial charge >= 0.3 is 5.97 Å². The first-order valence-corrected chi connectivity index (χ1v) is 5.10. The Morgan fingerprint density at radius 1 is 1.31 bits per heavy atom. The van der Waals surface area contributed by atoms with E-state index in [1.807, 2.05) is 30.3 Å². The van der Waals surface area contributed by atoms with Crippen molar-refractivity contribution in [2.24, 2.45) is 5.92 Å². The van der Waals surface area contributed by atoms with Crippen molar-refractivity contribution in [3.63, 3.8) is 0 Å². The molecule has 0 saturated heterocycles. The third-order valence-electron chi connectivity index (χ3n) is 2.71. The number of esters is 1. The fourth-order valence-corrected chi connectivity index (χ4v) is 1.85. The molecule has 0 heterocycles. The van der Waals surface area contributed by atoms with Crippen LogP contribution in [-0.4, -0.2) is 18.9 Å². The van der Waals surface area contributed by atoms with Crippen molar-refractivity contribution in [3.8, 4) is 0 Å². The Morgan fingerprint density at radius 2 is 2.00 bits per heavy atom. The second kappa shape index (κ2) is 4.31. The number of allylic oxidation sites excluding steroid dienone is 2. The van der Waals surface area contributed by atoms with Gasteiger partial charge in [-0.05, 0) is 23.6 Å². The summed E-state index contributed by atoms with van der Waals surface area (Å²) in [6.45, 7) is 0. The predicted octanol–water partition coefficient (Wildman–Crippen LogP) is 1.83. The number of carbonyl (C=O) groups is 2. The second-order valence-corrected chi connectivity index (χ2v) is 3.72. The third-order valence-corrected chi connectivity index (χ3v) is 2.71. The molecule has 0 fully saturated rings. The molecule has 1 unspecified atom stereocenters. The van der Waals surface area contributed by atoms with Gasteiger partial charge in [-0.25, -0.2) is 0 Å². The zero-order valence-electron chi connectivity index (χ0n) is 8.97. The minimum Gasteiger partial charge on any atom is -0.468 e. The topological polar surface area (TPSA) is 43.4 Å². The highest BCUT2D eigenvalue weighted by Crippen LogP contribution is 2.30. The van der Waals surface area contributed by atoms with E-state index >= 15 is 0 Å². The van der Waals surface area contributed by atoms with Crippen molar-refractivity contribution in [1.29, 1.82) is 0 Å². The van der Waals surface area contributed by atoms with E-state index in [0.29, 0.717) is 6.42 Å². The van der Waals surface area contributed by atoms with Crippen LogP contribution in [0.1, 0.15) is 12.0 Å². The van der Waals surface area contributed by atoms with E-state index in [0.717, 1.165) is 11.1 Å². The minimum atomic E-state index is -0.653.